The van der Waals surface area contributed by atoms with E-state index in [9.17, 15) is 13.2 Å². The van der Waals surface area contributed by atoms with Crippen LogP contribution < -0.4 is 5.73 Å². The van der Waals surface area contributed by atoms with Gasteiger partial charge in [0.25, 0.3) is 10.0 Å². The zero-order valence-electron chi connectivity index (χ0n) is 14.4. The lowest BCUT2D eigenvalue weighted by Gasteiger charge is -2.35. The standard InChI is InChI=1S/C17H22N4O3S.ClH/c18-12-5-3-9-20(11-12)17(22)14-7-4-10-21(14)16-13-6-1-2-8-15(13)25(23,24)19-16;/h1-2,6,8,12,14H,3-5,7,9-11,18H2;1H. The lowest BCUT2D eigenvalue weighted by molar-refractivity contribution is -0.136. The zero-order valence-corrected chi connectivity index (χ0v) is 16.0. The number of amidine groups is 1. The summed E-state index contributed by atoms with van der Waals surface area (Å²) in [5.41, 5.74) is 6.60. The van der Waals surface area contributed by atoms with E-state index in [0.717, 1.165) is 25.8 Å². The van der Waals surface area contributed by atoms with Crippen molar-refractivity contribution in [3.05, 3.63) is 29.8 Å². The molecule has 9 heteroatoms. The first-order valence-electron chi connectivity index (χ1n) is 8.73. The smallest absolute Gasteiger partial charge is 0.285 e. The van der Waals surface area contributed by atoms with Gasteiger partial charge in [0.1, 0.15) is 10.9 Å². The maximum Gasteiger partial charge on any atom is 0.285 e. The molecule has 26 heavy (non-hydrogen) atoms. The highest BCUT2D eigenvalue weighted by Gasteiger charge is 2.41. The maximum atomic E-state index is 13.0. The van der Waals surface area contributed by atoms with E-state index in [1.54, 1.807) is 24.3 Å². The molecule has 2 N–H and O–H groups in total. The van der Waals surface area contributed by atoms with Crippen molar-refractivity contribution in [1.29, 1.82) is 0 Å². The fourth-order valence-corrected chi connectivity index (χ4v) is 5.21. The fraction of sp³-hybridized carbons (Fsp3) is 0.529. The molecular formula is C17H23ClN4O3S. The normalized spacial score (nSPS) is 26.9. The number of piperidine rings is 1. The van der Waals surface area contributed by atoms with Gasteiger partial charge in [0, 0.05) is 31.2 Å². The van der Waals surface area contributed by atoms with Gasteiger partial charge in [-0.15, -0.1) is 16.8 Å². The molecule has 0 spiro atoms. The van der Waals surface area contributed by atoms with Gasteiger partial charge >= 0.3 is 0 Å². The van der Waals surface area contributed by atoms with Crippen molar-refractivity contribution in [3.63, 3.8) is 0 Å². The van der Waals surface area contributed by atoms with E-state index in [1.807, 2.05) is 9.80 Å². The number of nitrogens with two attached hydrogens (primary N) is 1. The van der Waals surface area contributed by atoms with Crippen LogP contribution in [0.25, 0.3) is 0 Å². The summed E-state index contributed by atoms with van der Waals surface area (Å²) in [6.45, 7) is 1.93. The minimum Gasteiger partial charge on any atom is -0.343 e. The second kappa shape index (κ2) is 7.17. The molecule has 0 aromatic heterocycles. The van der Waals surface area contributed by atoms with Gasteiger partial charge in [0.05, 0.1) is 0 Å². The molecule has 0 saturated carbocycles. The summed E-state index contributed by atoms with van der Waals surface area (Å²) in [6.07, 6.45) is 3.41. The third-order valence-corrected chi connectivity index (χ3v) is 6.52. The second-order valence-electron chi connectivity index (χ2n) is 6.92. The first kappa shape index (κ1) is 19.1. The van der Waals surface area contributed by atoms with E-state index in [-0.39, 0.29) is 35.3 Å². The number of carbonyl (C=O) groups is 1. The maximum absolute atomic E-state index is 13.0. The molecule has 7 nitrogen and oxygen atoms in total. The highest BCUT2D eigenvalue weighted by molar-refractivity contribution is 7.90. The van der Waals surface area contributed by atoms with E-state index >= 15 is 0 Å². The Morgan fingerprint density at radius 3 is 2.65 bits per heavy atom. The predicted molar refractivity (Wildman–Crippen MR) is 101 cm³/mol. The lowest BCUT2D eigenvalue weighted by atomic mass is 10.0. The number of hydrogen-bond donors (Lipinski definition) is 1. The molecule has 2 saturated heterocycles. The predicted octanol–water partition coefficient (Wildman–Crippen LogP) is 0.971. The number of carbonyl (C=O) groups excluding carboxylic acids is 1. The minimum absolute atomic E-state index is 0. The third kappa shape index (κ3) is 3.21. The number of fused-ring (bicyclic) bond motifs is 1. The summed E-state index contributed by atoms with van der Waals surface area (Å²) in [4.78, 5) is 16.9. The number of nitrogens with zero attached hydrogens (tertiary/aromatic N) is 3. The number of benzene rings is 1. The van der Waals surface area contributed by atoms with Crippen LogP contribution in [-0.2, 0) is 14.8 Å². The molecule has 2 unspecified atom stereocenters. The van der Waals surface area contributed by atoms with Gasteiger partial charge in [-0.05, 0) is 37.8 Å². The van der Waals surface area contributed by atoms with Gasteiger partial charge in [-0.3, -0.25) is 4.79 Å². The Kier molecular flexibility index (Phi) is 5.28. The molecule has 142 valence electrons. The van der Waals surface area contributed by atoms with Crippen molar-refractivity contribution >= 4 is 34.2 Å². The van der Waals surface area contributed by atoms with Crippen LogP contribution in [0.3, 0.4) is 0 Å². The topological polar surface area (TPSA) is 96.1 Å². The molecule has 2 fully saturated rings. The van der Waals surface area contributed by atoms with Crippen molar-refractivity contribution in [2.75, 3.05) is 19.6 Å². The van der Waals surface area contributed by atoms with Gasteiger partial charge < -0.3 is 15.5 Å². The molecule has 1 aromatic rings. The Morgan fingerprint density at radius 1 is 1.15 bits per heavy atom. The van der Waals surface area contributed by atoms with Gasteiger partial charge in [-0.25, -0.2) is 0 Å². The minimum atomic E-state index is -3.67. The molecule has 1 amide bonds. The molecule has 2 atom stereocenters. The Balaban J connectivity index is 0.00000196. The summed E-state index contributed by atoms with van der Waals surface area (Å²) in [7, 11) is -3.67. The molecule has 3 heterocycles. The molecular weight excluding hydrogens is 376 g/mol. The summed E-state index contributed by atoms with van der Waals surface area (Å²) < 4.78 is 28.6. The number of sulfonamides is 1. The van der Waals surface area contributed by atoms with Gasteiger partial charge in [-0.2, -0.15) is 8.42 Å². The highest BCUT2D eigenvalue weighted by atomic mass is 35.5. The number of hydrogen-bond acceptors (Lipinski definition) is 5. The Morgan fingerprint density at radius 2 is 1.88 bits per heavy atom. The SMILES string of the molecule is Cl.NC1CCCN(C(=O)C2CCCN2C2=NS(=O)(=O)c3ccccc32)C1. The van der Waals surface area contributed by atoms with Crippen LogP contribution >= 0.6 is 12.4 Å². The van der Waals surface area contributed by atoms with Crippen LogP contribution in [0, 0.1) is 0 Å². The second-order valence-corrected chi connectivity index (χ2v) is 8.50. The molecule has 0 radical (unpaired) electrons. The van der Waals surface area contributed by atoms with Crippen LogP contribution in [-0.4, -0.2) is 61.7 Å². The van der Waals surface area contributed by atoms with Crippen molar-refractivity contribution in [3.8, 4) is 0 Å². The largest absolute Gasteiger partial charge is 0.343 e. The number of amides is 1. The number of halogens is 1. The van der Waals surface area contributed by atoms with E-state index in [0.29, 0.717) is 30.9 Å². The van der Waals surface area contributed by atoms with Crippen molar-refractivity contribution in [2.24, 2.45) is 10.1 Å². The Bertz CT molecular complexity index is 842. The summed E-state index contributed by atoms with van der Waals surface area (Å²) in [5, 5.41) is 0. The van der Waals surface area contributed by atoms with E-state index in [4.69, 9.17) is 5.73 Å². The molecule has 1 aromatic carbocycles. The van der Waals surface area contributed by atoms with Crippen molar-refractivity contribution in [2.45, 2.75) is 42.7 Å². The van der Waals surface area contributed by atoms with Crippen LogP contribution in [0.4, 0.5) is 0 Å². The first-order chi connectivity index (χ1) is 12.0. The molecule has 3 aliphatic rings. The lowest BCUT2D eigenvalue weighted by Crippen LogP contribution is -2.53. The Labute approximate surface area is 159 Å². The summed E-state index contributed by atoms with van der Waals surface area (Å²) in [5.74, 6) is 0.449. The van der Waals surface area contributed by atoms with Crippen LogP contribution in [0.2, 0.25) is 0 Å². The van der Waals surface area contributed by atoms with E-state index < -0.39 is 10.0 Å². The van der Waals surface area contributed by atoms with Crippen LogP contribution in [0.1, 0.15) is 31.2 Å². The van der Waals surface area contributed by atoms with Crippen LogP contribution in [0.15, 0.2) is 33.6 Å². The average Bonchev–Trinajstić information content (AvgIpc) is 3.17. The first-order valence-corrected chi connectivity index (χ1v) is 10.2. The Hall–Kier alpha value is -1.64. The zero-order chi connectivity index (χ0) is 17.6. The molecule has 0 bridgehead atoms. The summed E-state index contributed by atoms with van der Waals surface area (Å²) >= 11 is 0. The molecule has 0 aliphatic carbocycles. The van der Waals surface area contributed by atoms with Crippen molar-refractivity contribution < 1.29 is 13.2 Å². The third-order valence-electron chi connectivity index (χ3n) is 5.19. The summed E-state index contributed by atoms with van der Waals surface area (Å²) in [6, 6.07) is 6.48. The van der Waals surface area contributed by atoms with Gasteiger partial charge in [0.15, 0.2) is 5.84 Å². The fourth-order valence-electron chi connectivity index (χ4n) is 3.99. The molecule has 4 rings (SSSR count). The highest BCUT2D eigenvalue weighted by Crippen LogP contribution is 2.31. The quantitative estimate of drug-likeness (QED) is 0.760. The average molecular weight is 399 g/mol. The van der Waals surface area contributed by atoms with Crippen molar-refractivity contribution in [1.82, 2.24) is 9.80 Å². The van der Waals surface area contributed by atoms with E-state index in [1.165, 1.54) is 0 Å². The van der Waals surface area contributed by atoms with Gasteiger partial charge in [-0.1, -0.05) is 12.1 Å². The number of likely N-dealkylation sites (tertiary alicyclic amines) is 2. The van der Waals surface area contributed by atoms with Gasteiger partial charge in [0.2, 0.25) is 5.91 Å². The number of rotatable bonds is 1. The van der Waals surface area contributed by atoms with E-state index in [2.05, 4.69) is 4.40 Å². The monoisotopic (exact) mass is 398 g/mol. The molecule has 3 aliphatic heterocycles. The van der Waals surface area contributed by atoms with Crippen LogP contribution in [0.5, 0.6) is 0 Å².